The summed E-state index contributed by atoms with van der Waals surface area (Å²) in [5.74, 6) is 2.51. The number of benzene rings is 1. The minimum Gasteiger partial charge on any atom is -0.357 e. The van der Waals surface area contributed by atoms with E-state index in [1.165, 1.54) is 38.0 Å². The predicted molar refractivity (Wildman–Crippen MR) is 101 cm³/mol. The third kappa shape index (κ3) is 5.23. The van der Waals surface area contributed by atoms with E-state index in [9.17, 15) is 0 Å². The minimum absolute atomic E-state index is 0.633. The Morgan fingerprint density at radius 3 is 2.79 bits per heavy atom. The van der Waals surface area contributed by atoms with Crippen molar-refractivity contribution < 1.29 is 0 Å². The fourth-order valence-electron chi connectivity index (χ4n) is 3.44. The van der Waals surface area contributed by atoms with Crippen LogP contribution in [-0.4, -0.2) is 49.6 Å². The molecule has 3 unspecified atom stereocenters. The van der Waals surface area contributed by atoms with Crippen molar-refractivity contribution in [2.24, 2.45) is 16.8 Å². The molecule has 24 heavy (non-hydrogen) atoms. The third-order valence-corrected chi connectivity index (χ3v) is 5.21. The third-order valence-electron chi connectivity index (χ3n) is 5.21. The van der Waals surface area contributed by atoms with Gasteiger partial charge in [-0.3, -0.25) is 4.99 Å². The molecule has 1 saturated heterocycles. The summed E-state index contributed by atoms with van der Waals surface area (Å²) >= 11 is 0. The van der Waals surface area contributed by atoms with Crippen molar-refractivity contribution in [3.63, 3.8) is 0 Å². The summed E-state index contributed by atoms with van der Waals surface area (Å²) in [5.41, 5.74) is 1.44. The van der Waals surface area contributed by atoms with E-state index in [4.69, 9.17) is 4.99 Å². The van der Waals surface area contributed by atoms with Crippen LogP contribution in [0.4, 0.5) is 0 Å². The second kappa shape index (κ2) is 8.52. The standard InChI is InChI=1S/C20H32N4/c1-3-21-20(23-19-13-16(19)2)22-14-18-10-12-24(15-18)11-9-17-7-5-4-6-8-17/h4-8,16,18-19H,3,9-15H2,1-2H3,(H2,21,22,23). The first-order chi connectivity index (χ1) is 11.7. The first kappa shape index (κ1) is 17.3. The van der Waals surface area contributed by atoms with E-state index in [2.05, 4.69) is 59.7 Å². The fourth-order valence-corrected chi connectivity index (χ4v) is 3.44. The van der Waals surface area contributed by atoms with E-state index >= 15 is 0 Å². The Morgan fingerprint density at radius 2 is 2.08 bits per heavy atom. The van der Waals surface area contributed by atoms with Gasteiger partial charge in [-0.2, -0.15) is 0 Å². The van der Waals surface area contributed by atoms with Crippen LogP contribution in [0.3, 0.4) is 0 Å². The van der Waals surface area contributed by atoms with Gasteiger partial charge in [-0.15, -0.1) is 0 Å². The van der Waals surface area contributed by atoms with E-state index < -0.39 is 0 Å². The lowest BCUT2D eigenvalue weighted by Crippen LogP contribution is -2.39. The van der Waals surface area contributed by atoms with Gasteiger partial charge in [0.25, 0.3) is 0 Å². The van der Waals surface area contributed by atoms with Gasteiger partial charge >= 0.3 is 0 Å². The highest BCUT2D eigenvalue weighted by Crippen LogP contribution is 2.28. The van der Waals surface area contributed by atoms with E-state index in [1.54, 1.807) is 0 Å². The van der Waals surface area contributed by atoms with Gasteiger partial charge in [-0.05, 0) is 50.1 Å². The number of guanidine groups is 1. The normalized spacial score (nSPS) is 27.2. The molecule has 3 atom stereocenters. The highest BCUT2D eigenvalue weighted by molar-refractivity contribution is 5.80. The van der Waals surface area contributed by atoms with Crippen LogP contribution in [0, 0.1) is 11.8 Å². The SMILES string of the molecule is CCNC(=NCC1CCN(CCc2ccccc2)C1)NC1CC1C. The molecule has 1 aromatic carbocycles. The van der Waals surface area contributed by atoms with Gasteiger partial charge in [0.2, 0.25) is 0 Å². The van der Waals surface area contributed by atoms with Crippen LogP contribution >= 0.6 is 0 Å². The number of nitrogens with one attached hydrogen (secondary N) is 2. The van der Waals surface area contributed by atoms with Gasteiger partial charge in [-0.25, -0.2) is 0 Å². The van der Waals surface area contributed by atoms with E-state index in [1.807, 2.05) is 0 Å². The van der Waals surface area contributed by atoms with Crippen LogP contribution in [0.2, 0.25) is 0 Å². The highest BCUT2D eigenvalue weighted by Gasteiger charge is 2.33. The topological polar surface area (TPSA) is 39.7 Å². The highest BCUT2D eigenvalue weighted by atomic mass is 15.2. The zero-order valence-electron chi connectivity index (χ0n) is 15.2. The molecular formula is C20H32N4. The van der Waals surface area contributed by atoms with Gasteiger partial charge in [0, 0.05) is 32.2 Å². The Labute approximate surface area is 146 Å². The molecule has 1 aliphatic heterocycles. The van der Waals surface area contributed by atoms with Crippen LogP contribution in [0.1, 0.15) is 32.3 Å². The Kier molecular flexibility index (Phi) is 6.13. The van der Waals surface area contributed by atoms with Gasteiger partial charge in [0.15, 0.2) is 5.96 Å². The lowest BCUT2D eigenvalue weighted by atomic mass is 10.1. The maximum atomic E-state index is 4.83. The summed E-state index contributed by atoms with van der Waals surface area (Å²) in [5, 5.41) is 6.93. The fraction of sp³-hybridized carbons (Fsp3) is 0.650. The molecule has 0 radical (unpaired) electrons. The summed E-state index contributed by atoms with van der Waals surface area (Å²) in [7, 11) is 0. The Hall–Kier alpha value is -1.55. The van der Waals surface area contributed by atoms with Crippen LogP contribution in [0.5, 0.6) is 0 Å². The molecule has 2 fully saturated rings. The average Bonchev–Trinajstić information content (AvgIpc) is 3.10. The van der Waals surface area contributed by atoms with E-state index in [-0.39, 0.29) is 0 Å². The van der Waals surface area contributed by atoms with Crippen molar-refractivity contribution in [1.29, 1.82) is 0 Å². The molecule has 3 rings (SSSR count). The number of hydrogen-bond donors (Lipinski definition) is 2. The molecule has 0 aromatic heterocycles. The van der Waals surface area contributed by atoms with Crippen molar-refractivity contribution in [2.75, 3.05) is 32.7 Å². The molecule has 1 heterocycles. The van der Waals surface area contributed by atoms with Crippen molar-refractivity contribution in [2.45, 2.75) is 39.2 Å². The van der Waals surface area contributed by atoms with Crippen LogP contribution in [0.25, 0.3) is 0 Å². The maximum Gasteiger partial charge on any atom is 0.191 e. The molecule has 132 valence electrons. The molecule has 0 bridgehead atoms. The largest absolute Gasteiger partial charge is 0.357 e. The van der Waals surface area contributed by atoms with Gasteiger partial charge in [-0.1, -0.05) is 37.3 Å². The number of rotatable bonds is 7. The number of hydrogen-bond acceptors (Lipinski definition) is 2. The zero-order valence-corrected chi connectivity index (χ0v) is 15.2. The van der Waals surface area contributed by atoms with Gasteiger partial charge in [0.1, 0.15) is 0 Å². The Balaban J connectivity index is 1.40. The van der Waals surface area contributed by atoms with Crippen LogP contribution < -0.4 is 10.6 Å². The van der Waals surface area contributed by atoms with Gasteiger partial charge < -0.3 is 15.5 Å². The zero-order chi connectivity index (χ0) is 16.8. The van der Waals surface area contributed by atoms with E-state index in [0.29, 0.717) is 12.0 Å². The average molecular weight is 329 g/mol. The lowest BCUT2D eigenvalue weighted by Gasteiger charge is -2.16. The molecule has 2 N–H and O–H groups in total. The molecule has 4 nitrogen and oxygen atoms in total. The molecule has 0 spiro atoms. The molecular weight excluding hydrogens is 296 g/mol. The minimum atomic E-state index is 0.633. The van der Waals surface area contributed by atoms with Crippen molar-refractivity contribution in [3.05, 3.63) is 35.9 Å². The van der Waals surface area contributed by atoms with Crippen molar-refractivity contribution in [3.8, 4) is 0 Å². The second-order valence-corrected chi connectivity index (χ2v) is 7.37. The molecule has 2 aliphatic rings. The molecule has 1 saturated carbocycles. The Bertz CT molecular complexity index is 528. The van der Waals surface area contributed by atoms with Crippen molar-refractivity contribution in [1.82, 2.24) is 15.5 Å². The van der Waals surface area contributed by atoms with Gasteiger partial charge in [0.05, 0.1) is 0 Å². The number of aliphatic imine (C=N–C) groups is 1. The van der Waals surface area contributed by atoms with Crippen LogP contribution in [0.15, 0.2) is 35.3 Å². The summed E-state index contributed by atoms with van der Waals surface area (Å²) < 4.78 is 0. The van der Waals surface area contributed by atoms with Crippen molar-refractivity contribution >= 4 is 5.96 Å². The summed E-state index contributed by atoms with van der Waals surface area (Å²) in [6.07, 6.45) is 3.71. The smallest absolute Gasteiger partial charge is 0.191 e. The predicted octanol–water partition coefficient (Wildman–Crippen LogP) is 2.51. The molecule has 1 aliphatic carbocycles. The summed E-state index contributed by atoms with van der Waals surface area (Å²) in [6.45, 7) is 9.88. The first-order valence-electron chi connectivity index (χ1n) is 9.55. The Morgan fingerprint density at radius 1 is 1.29 bits per heavy atom. The second-order valence-electron chi connectivity index (χ2n) is 7.37. The monoisotopic (exact) mass is 328 g/mol. The number of nitrogens with zero attached hydrogens (tertiary/aromatic N) is 2. The first-order valence-corrected chi connectivity index (χ1v) is 9.55. The van der Waals surface area contributed by atoms with Crippen LogP contribution in [-0.2, 0) is 6.42 Å². The molecule has 1 aromatic rings. The summed E-state index contributed by atoms with van der Waals surface area (Å²) in [4.78, 5) is 7.42. The maximum absolute atomic E-state index is 4.83. The molecule has 4 heteroatoms. The lowest BCUT2D eigenvalue weighted by molar-refractivity contribution is 0.329. The quantitative estimate of drug-likeness (QED) is 0.597. The summed E-state index contributed by atoms with van der Waals surface area (Å²) in [6, 6.07) is 11.4. The number of likely N-dealkylation sites (tertiary alicyclic amines) is 1. The van der Waals surface area contributed by atoms with E-state index in [0.717, 1.165) is 31.4 Å². The molecule has 0 amide bonds.